The number of para-hydroxylation sites is 2. The molecule has 40 heavy (non-hydrogen) atoms. The molecule has 0 saturated carbocycles. The van der Waals surface area contributed by atoms with E-state index in [0.29, 0.717) is 34.8 Å². The van der Waals surface area contributed by atoms with Crippen LogP contribution in [0.3, 0.4) is 0 Å². The highest BCUT2D eigenvalue weighted by atomic mass is 19.1. The summed E-state index contributed by atoms with van der Waals surface area (Å²) in [4.78, 5) is 30.5. The maximum atomic E-state index is 13.8. The largest absolute Gasteiger partial charge is 0.396 e. The second kappa shape index (κ2) is 13.4. The lowest BCUT2D eigenvalue weighted by molar-refractivity contribution is 0.000281. The van der Waals surface area contributed by atoms with Gasteiger partial charge in [0.1, 0.15) is 0 Å². The Morgan fingerprint density at radius 2 is 1.75 bits per heavy atom. The number of benzene rings is 3. The molecule has 1 heterocycles. The predicted molar refractivity (Wildman–Crippen MR) is 158 cm³/mol. The molecule has 2 amide bonds. The smallest absolute Gasteiger partial charge is 0.257 e. The van der Waals surface area contributed by atoms with E-state index in [9.17, 15) is 14.0 Å². The molecular formula is C30H37FN6O3. The monoisotopic (exact) mass is 548 g/mol. The van der Waals surface area contributed by atoms with Crippen LogP contribution in [0.4, 0.5) is 27.1 Å². The highest BCUT2D eigenvalue weighted by molar-refractivity contribution is 6.10. The number of halogens is 1. The van der Waals surface area contributed by atoms with Gasteiger partial charge in [-0.15, -0.1) is 0 Å². The van der Waals surface area contributed by atoms with Gasteiger partial charge < -0.3 is 30.9 Å². The predicted octanol–water partition coefficient (Wildman–Crippen LogP) is 4.12. The molecule has 0 bridgehead atoms. The lowest BCUT2D eigenvalue weighted by Gasteiger charge is -2.28. The zero-order valence-corrected chi connectivity index (χ0v) is 23.1. The average molecular weight is 549 g/mol. The van der Waals surface area contributed by atoms with Crippen molar-refractivity contribution in [3.8, 4) is 0 Å². The molecule has 1 aliphatic rings. The van der Waals surface area contributed by atoms with Gasteiger partial charge in [-0.3, -0.25) is 14.9 Å². The van der Waals surface area contributed by atoms with Crippen LogP contribution in [0.2, 0.25) is 0 Å². The van der Waals surface area contributed by atoms with Crippen LogP contribution in [0, 0.1) is 0 Å². The lowest BCUT2D eigenvalue weighted by Crippen LogP contribution is -2.41. The number of hydrogen-bond donors (Lipinski definition) is 4. The maximum Gasteiger partial charge on any atom is 0.257 e. The van der Waals surface area contributed by atoms with Crippen molar-refractivity contribution >= 4 is 34.6 Å². The Hall–Kier alpha value is -3.99. The molecule has 0 spiro atoms. The summed E-state index contributed by atoms with van der Waals surface area (Å²) in [5, 5.41) is 8.62. The molecule has 2 unspecified atom stereocenters. The van der Waals surface area contributed by atoms with Gasteiger partial charge in [0, 0.05) is 30.5 Å². The number of hydrogen-bond acceptors (Lipinski definition) is 7. The standard InChI is InChI=1S/C30H37FN6O3/c1-36(2)15-8-16-37(3)26-14-7-12-23(28(26)32)30(39)33-21-10-6-9-20(17-21)29(38)35-24-13-5-4-11-22(24)25-18-40-19-27(31)34-25/h4-7,9-14,17,25,27,34H,8,15-16,18-19,32H2,1-3H3,(H,33,39)(H,35,38). The van der Waals surface area contributed by atoms with E-state index in [1.54, 1.807) is 42.5 Å². The minimum Gasteiger partial charge on any atom is -0.396 e. The number of morpholine rings is 1. The highest BCUT2D eigenvalue weighted by Gasteiger charge is 2.25. The van der Waals surface area contributed by atoms with Gasteiger partial charge in [-0.1, -0.05) is 30.3 Å². The van der Waals surface area contributed by atoms with Gasteiger partial charge in [0.05, 0.1) is 36.2 Å². The molecular weight excluding hydrogens is 511 g/mol. The van der Waals surface area contributed by atoms with E-state index in [1.807, 2.05) is 50.3 Å². The summed E-state index contributed by atoms with van der Waals surface area (Å²) in [6.07, 6.45) is -0.319. The molecule has 4 rings (SSSR count). The van der Waals surface area contributed by atoms with Crippen LogP contribution in [0.1, 0.15) is 38.7 Å². The first-order valence-corrected chi connectivity index (χ1v) is 13.3. The first kappa shape index (κ1) is 29.0. The number of anilines is 4. The summed E-state index contributed by atoms with van der Waals surface area (Å²) in [5.74, 6) is -0.731. The zero-order valence-electron chi connectivity index (χ0n) is 23.1. The molecule has 0 aromatic heterocycles. The van der Waals surface area contributed by atoms with Crippen molar-refractivity contribution in [3.63, 3.8) is 0 Å². The van der Waals surface area contributed by atoms with Gasteiger partial charge in [-0.25, -0.2) is 4.39 Å². The van der Waals surface area contributed by atoms with Crippen molar-refractivity contribution in [1.82, 2.24) is 10.2 Å². The van der Waals surface area contributed by atoms with Crippen molar-refractivity contribution in [3.05, 3.63) is 83.4 Å². The van der Waals surface area contributed by atoms with Crippen LogP contribution in [0.15, 0.2) is 66.7 Å². The third-order valence-electron chi connectivity index (χ3n) is 6.74. The molecule has 0 aliphatic carbocycles. The average Bonchev–Trinajstić information content (AvgIpc) is 2.93. The number of alkyl halides is 1. The zero-order chi connectivity index (χ0) is 28.6. The Bertz CT molecular complexity index is 1330. The van der Waals surface area contributed by atoms with E-state index >= 15 is 0 Å². The van der Waals surface area contributed by atoms with Crippen LogP contribution in [0.25, 0.3) is 0 Å². The Balaban J connectivity index is 1.45. The Kier molecular flexibility index (Phi) is 9.70. The van der Waals surface area contributed by atoms with E-state index in [4.69, 9.17) is 10.5 Å². The van der Waals surface area contributed by atoms with Crippen LogP contribution >= 0.6 is 0 Å². The van der Waals surface area contributed by atoms with Gasteiger partial charge in [-0.05, 0) is 69.0 Å². The number of nitrogens with one attached hydrogen (secondary N) is 3. The number of nitrogen functional groups attached to an aromatic ring is 1. The Labute approximate surface area is 234 Å². The molecule has 212 valence electrons. The van der Waals surface area contributed by atoms with Gasteiger partial charge in [0.25, 0.3) is 11.8 Å². The molecule has 0 radical (unpaired) electrons. The lowest BCUT2D eigenvalue weighted by atomic mass is 10.0. The molecule has 10 heteroatoms. The van der Waals surface area contributed by atoms with Crippen molar-refractivity contribution in [2.24, 2.45) is 0 Å². The first-order valence-electron chi connectivity index (χ1n) is 13.3. The summed E-state index contributed by atoms with van der Waals surface area (Å²) in [7, 11) is 6.02. The number of nitrogens with two attached hydrogens (primary N) is 1. The van der Waals surface area contributed by atoms with E-state index in [0.717, 1.165) is 30.8 Å². The SMILES string of the molecule is CN(C)CCCN(C)c1cccc(C(=O)Nc2cccc(C(=O)Nc3ccccc3C3COCC(F)N3)c2)c1N. The van der Waals surface area contributed by atoms with E-state index < -0.39 is 6.30 Å². The van der Waals surface area contributed by atoms with E-state index in [2.05, 4.69) is 20.9 Å². The normalized spacial score (nSPS) is 16.9. The molecule has 5 N–H and O–H groups in total. The molecule has 3 aromatic rings. The molecule has 1 saturated heterocycles. The number of amides is 2. The van der Waals surface area contributed by atoms with Gasteiger partial charge in [-0.2, -0.15) is 0 Å². The van der Waals surface area contributed by atoms with Gasteiger partial charge in [0.2, 0.25) is 0 Å². The summed E-state index contributed by atoms with van der Waals surface area (Å²) in [6, 6.07) is 18.9. The van der Waals surface area contributed by atoms with Crippen LogP contribution in [-0.2, 0) is 4.74 Å². The second-order valence-corrected chi connectivity index (χ2v) is 10.1. The topological polar surface area (TPSA) is 112 Å². The molecule has 9 nitrogen and oxygen atoms in total. The number of carbonyl (C=O) groups excluding carboxylic acids is 2. The number of ether oxygens (including phenoxy) is 1. The summed E-state index contributed by atoms with van der Waals surface area (Å²) in [6.45, 7) is 2.04. The Morgan fingerprint density at radius 3 is 2.52 bits per heavy atom. The minimum absolute atomic E-state index is 0.00699. The third-order valence-corrected chi connectivity index (χ3v) is 6.74. The number of rotatable bonds is 10. The van der Waals surface area contributed by atoms with Crippen molar-refractivity contribution in [2.75, 3.05) is 68.7 Å². The number of carbonyl (C=O) groups is 2. The fraction of sp³-hybridized carbons (Fsp3) is 0.333. The van der Waals surface area contributed by atoms with Gasteiger partial charge in [0.15, 0.2) is 6.30 Å². The minimum atomic E-state index is -1.28. The van der Waals surface area contributed by atoms with E-state index in [-0.39, 0.29) is 24.5 Å². The fourth-order valence-electron chi connectivity index (χ4n) is 4.66. The fourth-order valence-corrected chi connectivity index (χ4v) is 4.66. The maximum absolute atomic E-state index is 13.8. The van der Waals surface area contributed by atoms with Gasteiger partial charge >= 0.3 is 0 Å². The molecule has 1 aliphatic heterocycles. The summed E-state index contributed by atoms with van der Waals surface area (Å²) >= 11 is 0. The van der Waals surface area contributed by atoms with E-state index in [1.165, 1.54) is 0 Å². The summed E-state index contributed by atoms with van der Waals surface area (Å²) in [5.41, 5.74) is 10.0. The molecule has 2 atom stereocenters. The third kappa shape index (κ3) is 7.35. The van der Waals surface area contributed by atoms with Crippen LogP contribution < -0.4 is 26.6 Å². The second-order valence-electron chi connectivity index (χ2n) is 10.1. The molecule has 1 fully saturated rings. The van der Waals surface area contributed by atoms with Crippen molar-refractivity contribution in [1.29, 1.82) is 0 Å². The number of nitrogens with zero attached hydrogens (tertiary/aromatic N) is 2. The first-order chi connectivity index (χ1) is 19.2. The quantitative estimate of drug-likeness (QED) is 0.223. The van der Waals surface area contributed by atoms with Crippen LogP contribution in [-0.4, -0.2) is 70.5 Å². The Morgan fingerprint density at radius 1 is 0.975 bits per heavy atom. The van der Waals surface area contributed by atoms with Crippen molar-refractivity contribution < 1.29 is 18.7 Å². The molecule has 3 aromatic carbocycles. The highest BCUT2D eigenvalue weighted by Crippen LogP contribution is 2.28. The van der Waals surface area contributed by atoms with Crippen molar-refractivity contribution in [2.45, 2.75) is 18.8 Å². The van der Waals surface area contributed by atoms with Crippen LogP contribution in [0.5, 0.6) is 0 Å². The summed E-state index contributed by atoms with van der Waals surface area (Å²) < 4.78 is 19.2.